The number of nitrogens with zero attached hydrogens (tertiary/aromatic N) is 2. The molecule has 3 rings (SSSR count). The summed E-state index contributed by atoms with van der Waals surface area (Å²) in [4.78, 5) is 16.4. The third kappa shape index (κ3) is 4.03. The predicted molar refractivity (Wildman–Crippen MR) is 104 cm³/mol. The Morgan fingerprint density at radius 2 is 1.96 bits per heavy atom. The number of benzene rings is 1. The molecule has 0 atom stereocenters. The third-order valence-electron chi connectivity index (χ3n) is 4.41. The number of fused-ring (bicyclic) bond motifs is 1. The molecule has 0 N–H and O–H groups in total. The molecule has 0 bridgehead atoms. The minimum atomic E-state index is -3.26. The van der Waals surface area contributed by atoms with Crippen LogP contribution in [0.3, 0.4) is 0 Å². The van der Waals surface area contributed by atoms with Gasteiger partial charge in [-0.1, -0.05) is 19.4 Å². The van der Waals surface area contributed by atoms with E-state index in [1.165, 1.54) is 13.4 Å². The first-order valence-corrected chi connectivity index (χ1v) is 10.6. The number of aromatic nitrogens is 2. The van der Waals surface area contributed by atoms with Gasteiger partial charge in [0.1, 0.15) is 5.69 Å². The summed E-state index contributed by atoms with van der Waals surface area (Å²) >= 11 is 0. The second-order valence-corrected chi connectivity index (χ2v) is 8.49. The van der Waals surface area contributed by atoms with Gasteiger partial charge in [-0.25, -0.2) is 18.2 Å². The molecule has 0 unspecified atom stereocenters. The van der Waals surface area contributed by atoms with Gasteiger partial charge in [0.2, 0.25) is 0 Å². The van der Waals surface area contributed by atoms with E-state index in [-0.39, 0.29) is 5.69 Å². The molecule has 0 saturated carbocycles. The molecule has 142 valence electrons. The third-order valence-corrected chi connectivity index (χ3v) is 5.52. The summed E-state index contributed by atoms with van der Waals surface area (Å²) in [6.07, 6.45) is 3.03. The molecular weight excluding hydrogens is 364 g/mol. The Morgan fingerprint density at radius 1 is 1.19 bits per heavy atom. The smallest absolute Gasteiger partial charge is 0.356 e. The highest BCUT2D eigenvalue weighted by molar-refractivity contribution is 7.90. The van der Waals surface area contributed by atoms with E-state index in [0.717, 1.165) is 35.1 Å². The van der Waals surface area contributed by atoms with E-state index in [9.17, 15) is 13.2 Å². The standard InChI is InChI=1S/C20H22N2O4S/c1-4-6-16-11-14-12-17(27(3,24)25)9-10-19(14)22(16)13-15-7-5-8-18(21-15)20(23)26-2/h5,7-12H,4,6,13H2,1-3H3. The molecule has 0 amide bonds. The normalized spacial score (nSPS) is 11.7. The first-order chi connectivity index (χ1) is 12.8. The Balaban J connectivity index is 2.07. The van der Waals surface area contributed by atoms with Crippen LogP contribution < -0.4 is 0 Å². The van der Waals surface area contributed by atoms with E-state index < -0.39 is 15.8 Å². The van der Waals surface area contributed by atoms with Crippen LogP contribution in [0.2, 0.25) is 0 Å². The molecule has 0 fully saturated rings. The highest BCUT2D eigenvalue weighted by Gasteiger charge is 2.14. The van der Waals surface area contributed by atoms with Gasteiger partial charge in [-0.3, -0.25) is 0 Å². The molecule has 0 spiro atoms. The molecular formula is C20H22N2O4S. The molecule has 0 saturated heterocycles. The summed E-state index contributed by atoms with van der Waals surface area (Å²) in [5.74, 6) is -0.471. The zero-order valence-electron chi connectivity index (χ0n) is 15.6. The summed E-state index contributed by atoms with van der Waals surface area (Å²) in [6, 6.07) is 12.4. The van der Waals surface area contributed by atoms with E-state index in [1.807, 2.05) is 18.2 Å². The Morgan fingerprint density at radius 3 is 2.63 bits per heavy atom. The Hall–Kier alpha value is -2.67. The minimum Gasteiger partial charge on any atom is -0.464 e. The van der Waals surface area contributed by atoms with Crippen molar-refractivity contribution in [2.75, 3.05) is 13.4 Å². The molecule has 7 heteroatoms. The van der Waals surface area contributed by atoms with E-state index >= 15 is 0 Å². The van der Waals surface area contributed by atoms with E-state index in [2.05, 4.69) is 16.5 Å². The van der Waals surface area contributed by atoms with Crippen LogP contribution in [-0.4, -0.2) is 37.3 Å². The van der Waals surface area contributed by atoms with Gasteiger partial charge in [0, 0.05) is 22.9 Å². The molecule has 0 aliphatic rings. The van der Waals surface area contributed by atoms with Crippen molar-refractivity contribution in [2.24, 2.45) is 0 Å². The number of esters is 1. The van der Waals surface area contributed by atoms with Gasteiger partial charge in [0.15, 0.2) is 9.84 Å². The van der Waals surface area contributed by atoms with Crippen molar-refractivity contribution in [2.45, 2.75) is 31.2 Å². The van der Waals surface area contributed by atoms with Crippen molar-refractivity contribution in [3.8, 4) is 0 Å². The quantitative estimate of drug-likeness (QED) is 0.608. The lowest BCUT2D eigenvalue weighted by molar-refractivity contribution is 0.0593. The fourth-order valence-corrected chi connectivity index (χ4v) is 3.79. The molecule has 1 aromatic carbocycles. The van der Waals surface area contributed by atoms with Gasteiger partial charge in [-0.05, 0) is 42.8 Å². The van der Waals surface area contributed by atoms with Crippen molar-refractivity contribution in [3.63, 3.8) is 0 Å². The van der Waals surface area contributed by atoms with Gasteiger partial charge >= 0.3 is 5.97 Å². The van der Waals surface area contributed by atoms with Crippen LogP contribution >= 0.6 is 0 Å². The van der Waals surface area contributed by atoms with Crippen LogP contribution in [0, 0.1) is 0 Å². The van der Waals surface area contributed by atoms with Crippen LogP contribution in [0.15, 0.2) is 47.4 Å². The number of aryl methyl sites for hydroxylation is 1. The number of rotatable bonds is 6. The first kappa shape index (κ1) is 19.1. The molecule has 2 heterocycles. The number of methoxy groups -OCH3 is 1. The van der Waals surface area contributed by atoms with Gasteiger partial charge in [0.25, 0.3) is 0 Å². The van der Waals surface area contributed by atoms with Crippen molar-refractivity contribution < 1.29 is 17.9 Å². The average molecular weight is 386 g/mol. The predicted octanol–water partition coefficient (Wildman–Crippen LogP) is 3.23. The molecule has 0 radical (unpaired) electrons. The molecule has 0 aliphatic heterocycles. The second-order valence-electron chi connectivity index (χ2n) is 6.47. The lowest BCUT2D eigenvalue weighted by Crippen LogP contribution is -2.10. The monoisotopic (exact) mass is 386 g/mol. The van der Waals surface area contributed by atoms with E-state index in [0.29, 0.717) is 11.4 Å². The Labute approximate surface area is 158 Å². The van der Waals surface area contributed by atoms with Crippen molar-refractivity contribution in [1.82, 2.24) is 9.55 Å². The van der Waals surface area contributed by atoms with E-state index in [4.69, 9.17) is 4.74 Å². The number of carbonyl (C=O) groups is 1. The summed E-state index contributed by atoms with van der Waals surface area (Å²) in [5.41, 5.74) is 3.04. The van der Waals surface area contributed by atoms with Gasteiger partial charge < -0.3 is 9.30 Å². The molecule has 27 heavy (non-hydrogen) atoms. The number of pyridine rings is 1. The van der Waals surface area contributed by atoms with Crippen LogP contribution in [0.5, 0.6) is 0 Å². The lowest BCUT2D eigenvalue weighted by Gasteiger charge is -2.11. The number of hydrogen-bond donors (Lipinski definition) is 0. The van der Waals surface area contributed by atoms with Crippen molar-refractivity contribution in [1.29, 1.82) is 0 Å². The van der Waals surface area contributed by atoms with Crippen molar-refractivity contribution in [3.05, 3.63) is 59.5 Å². The second kappa shape index (κ2) is 7.52. The van der Waals surface area contributed by atoms with Crippen LogP contribution in [0.1, 0.15) is 35.2 Å². The maximum absolute atomic E-state index is 11.9. The maximum atomic E-state index is 11.9. The Kier molecular flexibility index (Phi) is 5.32. The lowest BCUT2D eigenvalue weighted by atomic mass is 10.2. The van der Waals surface area contributed by atoms with Gasteiger partial charge in [-0.15, -0.1) is 0 Å². The molecule has 6 nitrogen and oxygen atoms in total. The number of sulfone groups is 1. The summed E-state index contributed by atoms with van der Waals surface area (Å²) in [5, 5.41) is 0.880. The Bertz CT molecular complexity index is 1100. The zero-order valence-corrected chi connectivity index (χ0v) is 16.4. The number of hydrogen-bond acceptors (Lipinski definition) is 5. The minimum absolute atomic E-state index is 0.267. The highest BCUT2D eigenvalue weighted by atomic mass is 32.2. The average Bonchev–Trinajstić information content (AvgIpc) is 2.97. The van der Waals surface area contributed by atoms with Gasteiger partial charge in [-0.2, -0.15) is 0 Å². The summed E-state index contributed by atoms with van der Waals surface area (Å²) in [6.45, 7) is 2.59. The summed E-state index contributed by atoms with van der Waals surface area (Å²) < 4.78 is 30.6. The maximum Gasteiger partial charge on any atom is 0.356 e. The van der Waals surface area contributed by atoms with Crippen LogP contribution in [0.4, 0.5) is 0 Å². The van der Waals surface area contributed by atoms with E-state index in [1.54, 1.807) is 24.3 Å². The fourth-order valence-electron chi connectivity index (χ4n) is 3.13. The molecule has 3 aromatic rings. The van der Waals surface area contributed by atoms with Crippen LogP contribution in [0.25, 0.3) is 10.9 Å². The zero-order chi connectivity index (χ0) is 19.6. The molecule has 0 aliphatic carbocycles. The van der Waals surface area contributed by atoms with Crippen molar-refractivity contribution >= 4 is 26.7 Å². The summed E-state index contributed by atoms with van der Waals surface area (Å²) in [7, 11) is -1.93. The largest absolute Gasteiger partial charge is 0.464 e. The number of ether oxygens (including phenoxy) is 1. The molecule has 2 aromatic heterocycles. The van der Waals surface area contributed by atoms with Crippen LogP contribution in [-0.2, 0) is 27.5 Å². The fraction of sp³-hybridized carbons (Fsp3) is 0.300. The first-order valence-electron chi connectivity index (χ1n) is 8.70. The van der Waals surface area contributed by atoms with Gasteiger partial charge in [0.05, 0.1) is 24.2 Å². The highest BCUT2D eigenvalue weighted by Crippen LogP contribution is 2.25. The SMILES string of the molecule is CCCc1cc2cc(S(C)(=O)=O)ccc2n1Cc1cccc(C(=O)OC)n1. The number of carbonyl (C=O) groups excluding carboxylic acids is 1. The topological polar surface area (TPSA) is 78.3 Å².